The molecule has 1 rings (SSSR count). The molecular weight excluding hydrogens is 176 g/mol. The number of imidazole rings is 1. The smallest absolute Gasteiger partial charge is 0.0969 e. The van der Waals surface area contributed by atoms with Gasteiger partial charge < -0.3 is 10.3 Å². The quantitative estimate of drug-likeness (QED) is 0.733. The fraction of sp³-hybridized carbons (Fsp3) is 0.400. The molecule has 0 fully saturated rings. The van der Waals surface area contributed by atoms with Crippen LogP contribution in [0.5, 0.6) is 0 Å². The molecule has 1 aromatic rings. The van der Waals surface area contributed by atoms with Crippen LogP contribution in [0.25, 0.3) is 5.70 Å². The predicted octanol–water partition coefficient (Wildman–Crippen LogP) is 1.41. The van der Waals surface area contributed by atoms with Crippen LogP contribution in [-0.4, -0.2) is 9.55 Å². The van der Waals surface area contributed by atoms with Crippen molar-refractivity contribution in [3.05, 3.63) is 23.8 Å². The second-order valence-electron chi connectivity index (χ2n) is 3.14. The fourth-order valence-corrected chi connectivity index (χ4v) is 1.27. The minimum atomic E-state index is 0.536. The molecule has 0 amide bonds. The fourth-order valence-electron chi connectivity index (χ4n) is 1.27. The first kappa shape index (κ1) is 10.3. The molecule has 0 atom stereocenters. The van der Waals surface area contributed by atoms with Crippen LogP contribution in [0.15, 0.2) is 18.1 Å². The molecule has 0 saturated heterocycles. The summed E-state index contributed by atoms with van der Waals surface area (Å²) in [5.74, 6) is 0. The molecule has 1 aromatic heterocycles. The summed E-state index contributed by atoms with van der Waals surface area (Å²) in [6.07, 6.45) is 4.97. The Hall–Kier alpha value is -1.76. The summed E-state index contributed by atoms with van der Waals surface area (Å²) in [6.45, 7) is 2.02. The zero-order valence-corrected chi connectivity index (χ0v) is 8.49. The van der Waals surface area contributed by atoms with Crippen LogP contribution in [0.3, 0.4) is 0 Å². The second-order valence-corrected chi connectivity index (χ2v) is 3.14. The van der Waals surface area contributed by atoms with Gasteiger partial charge in [0.1, 0.15) is 0 Å². The van der Waals surface area contributed by atoms with Crippen molar-refractivity contribution in [1.29, 1.82) is 5.26 Å². The third-order valence-corrected chi connectivity index (χ3v) is 2.05. The van der Waals surface area contributed by atoms with Gasteiger partial charge in [0.05, 0.1) is 35.6 Å². The molecule has 0 saturated carbocycles. The van der Waals surface area contributed by atoms with Gasteiger partial charge in [-0.05, 0) is 6.42 Å². The average molecular weight is 190 g/mol. The third kappa shape index (κ3) is 1.94. The van der Waals surface area contributed by atoms with Crippen molar-refractivity contribution in [2.24, 2.45) is 12.8 Å². The van der Waals surface area contributed by atoms with E-state index >= 15 is 0 Å². The van der Waals surface area contributed by atoms with Crippen molar-refractivity contribution in [3.63, 3.8) is 0 Å². The molecule has 0 bridgehead atoms. The van der Waals surface area contributed by atoms with Gasteiger partial charge >= 0.3 is 0 Å². The van der Waals surface area contributed by atoms with Crippen LogP contribution in [-0.2, 0) is 7.05 Å². The Bertz CT molecular complexity index is 381. The van der Waals surface area contributed by atoms with E-state index in [2.05, 4.69) is 11.1 Å². The van der Waals surface area contributed by atoms with Crippen LogP contribution in [0.2, 0.25) is 0 Å². The largest absolute Gasteiger partial charge is 0.396 e. The highest BCUT2D eigenvalue weighted by molar-refractivity contribution is 5.66. The average Bonchev–Trinajstić information content (AvgIpc) is 2.59. The van der Waals surface area contributed by atoms with E-state index in [9.17, 15) is 0 Å². The SMILES string of the molecule is CCC/C(C#N)=C(\N)c1cncn1C. The van der Waals surface area contributed by atoms with E-state index in [0.717, 1.165) is 12.1 Å². The summed E-state index contributed by atoms with van der Waals surface area (Å²) in [7, 11) is 1.86. The van der Waals surface area contributed by atoms with Gasteiger partial charge in [0.2, 0.25) is 0 Å². The van der Waals surface area contributed by atoms with E-state index < -0.39 is 0 Å². The van der Waals surface area contributed by atoms with E-state index in [1.54, 1.807) is 12.5 Å². The lowest BCUT2D eigenvalue weighted by Crippen LogP contribution is -2.05. The maximum Gasteiger partial charge on any atom is 0.0969 e. The first-order chi connectivity index (χ1) is 6.70. The highest BCUT2D eigenvalue weighted by atomic mass is 15.0. The van der Waals surface area contributed by atoms with Crippen LogP contribution in [0, 0.1) is 11.3 Å². The summed E-state index contributed by atoms with van der Waals surface area (Å²) in [6, 6.07) is 2.13. The maximum atomic E-state index is 8.90. The minimum absolute atomic E-state index is 0.536. The predicted molar refractivity (Wildman–Crippen MR) is 54.8 cm³/mol. The van der Waals surface area contributed by atoms with E-state index in [1.165, 1.54) is 0 Å². The van der Waals surface area contributed by atoms with Crippen molar-refractivity contribution in [2.75, 3.05) is 0 Å². The lowest BCUT2D eigenvalue weighted by molar-refractivity contribution is 0.884. The molecule has 1 heterocycles. The van der Waals surface area contributed by atoms with Gasteiger partial charge in [0.25, 0.3) is 0 Å². The molecule has 0 radical (unpaired) electrons. The molecule has 0 spiro atoms. The molecular formula is C10H14N4. The Balaban J connectivity index is 3.09. The van der Waals surface area contributed by atoms with Gasteiger partial charge in [-0.3, -0.25) is 0 Å². The summed E-state index contributed by atoms with van der Waals surface area (Å²) >= 11 is 0. The Labute approximate surface area is 83.7 Å². The number of aryl methyl sites for hydroxylation is 1. The molecule has 2 N–H and O–H groups in total. The number of allylic oxidation sites excluding steroid dienone is 1. The van der Waals surface area contributed by atoms with Gasteiger partial charge in [-0.25, -0.2) is 4.98 Å². The van der Waals surface area contributed by atoms with Crippen molar-refractivity contribution in [2.45, 2.75) is 19.8 Å². The van der Waals surface area contributed by atoms with Gasteiger partial charge in [-0.15, -0.1) is 0 Å². The van der Waals surface area contributed by atoms with Gasteiger partial charge in [0.15, 0.2) is 0 Å². The van der Waals surface area contributed by atoms with Crippen molar-refractivity contribution in [3.8, 4) is 6.07 Å². The molecule has 0 aromatic carbocycles. The summed E-state index contributed by atoms with van der Waals surface area (Å²) in [4.78, 5) is 3.96. The molecule has 0 aliphatic carbocycles. The number of hydrogen-bond acceptors (Lipinski definition) is 3. The first-order valence-corrected chi connectivity index (χ1v) is 4.56. The molecule has 0 aliphatic heterocycles. The number of rotatable bonds is 3. The highest BCUT2D eigenvalue weighted by Crippen LogP contribution is 2.15. The van der Waals surface area contributed by atoms with Crippen LogP contribution >= 0.6 is 0 Å². The lowest BCUT2D eigenvalue weighted by atomic mass is 10.1. The number of nitriles is 1. The van der Waals surface area contributed by atoms with E-state index in [4.69, 9.17) is 11.0 Å². The van der Waals surface area contributed by atoms with Crippen molar-refractivity contribution >= 4 is 5.70 Å². The highest BCUT2D eigenvalue weighted by Gasteiger charge is 2.07. The topological polar surface area (TPSA) is 67.6 Å². The maximum absolute atomic E-state index is 8.90. The molecule has 0 aliphatic rings. The summed E-state index contributed by atoms with van der Waals surface area (Å²) < 4.78 is 1.81. The number of nitrogens with two attached hydrogens (primary N) is 1. The van der Waals surface area contributed by atoms with E-state index in [0.29, 0.717) is 17.7 Å². The lowest BCUT2D eigenvalue weighted by Gasteiger charge is -2.04. The second kappa shape index (κ2) is 4.47. The molecule has 14 heavy (non-hydrogen) atoms. The number of hydrogen-bond donors (Lipinski definition) is 1. The third-order valence-electron chi connectivity index (χ3n) is 2.05. The van der Waals surface area contributed by atoms with Gasteiger partial charge in [-0.1, -0.05) is 13.3 Å². The Kier molecular flexibility index (Phi) is 3.29. The first-order valence-electron chi connectivity index (χ1n) is 4.56. The summed E-state index contributed by atoms with van der Waals surface area (Å²) in [5, 5.41) is 8.90. The zero-order valence-electron chi connectivity index (χ0n) is 8.49. The van der Waals surface area contributed by atoms with Crippen LogP contribution < -0.4 is 5.73 Å². The zero-order chi connectivity index (χ0) is 10.6. The van der Waals surface area contributed by atoms with Crippen molar-refractivity contribution in [1.82, 2.24) is 9.55 Å². The monoisotopic (exact) mass is 190 g/mol. The normalized spacial score (nSPS) is 12.1. The van der Waals surface area contributed by atoms with Gasteiger partial charge in [-0.2, -0.15) is 5.26 Å². The van der Waals surface area contributed by atoms with Crippen molar-refractivity contribution < 1.29 is 0 Å². The Morgan fingerprint density at radius 2 is 2.43 bits per heavy atom. The van der Waals surface area contributed by atoms with E-state index in [-0.39, 0.29) is 0 Å². The molecule has 0 unspecified atom stereocenters. The van der Waals surface area contributed by atoms with Crippen LogP contribution in [0.4, 0.5) is 0 Å². The van der Waals surface area contributed by atoms with Crippen LogP contribution in [0.1, 0.15) is 25.5 Å². The standard InChI is InChI=1S/C10H14N4/c1-3-4-8(5-11)10(12)9-6-13-7-14(9)2/h6-7H,3-4,12H2,1-2H3/b10-8+. The number of nitrogens with zero attached hydrogens (tertiary/aromatic N) is 3. The number of aromatic nitrogens is 2. The van der Waals surface area contributed by atoms with E-state index in [1.807, 2.05) is 18.5 Å². The minimum Gasteiger partial charge on any atom is -0.396 e. The molecule has 74 valence electrons. The van der Waals surface area contributed by atoms with Gasteiger partial charge in [0, 0.05) is 7.05 Å². The summed E-state index contributed by atoms with van der Waals surface area (Å²) in [5.41, 5.74) is 7.85. The molecule has 4 nitrogen and oxygen atoms in total. The Morgan fingerprint density at radius 3 is 2.86 bits per heavy atom. The molecule has 4 heteroatoms. The Morgan fingerprint density at radius 1 is 1.71 bits per heavy atom.